The zero-order valence-electron chi connectivity index (χ0n) is 12.6. The number of hydrogen-bond acceptors (Lipinski definition) is 7. The van der Waals surface area contributed by atoms with Crippen LogP contribution in [0, 0.1) is 0 Å². The standard InChI is InChI=1S/C13H22N5O3P/c1-2-19-3-4-21-10(6-20-9-22)5-18-8-17-11-12(14)15-7-16-13(11)18/h7-8,10H,2-6,9,22H2,1H3,(H2,14,15,16). The van der Waals surface area contributed by atoms with Crippen molar-refractivity contribution in [1.82, 2.24) is 19.5 Å². The summed E-state index contributed by atoms with van der Waals surface area (Å²) in [5, 5.41) is 0. The van der Waals surface area contributed by atoms with Gasteiger partial charge in [-0.05, 0) is 6.92 Å². The van der Waals surface area contributed by atoms with Crippen LogP contribution in [0.5, 0.6) is 0 Å². The maximum atomic E-state index is 5.82. The summed E-state index contributed by atoms with van der Waals surface area (Å²) in [7, 11) is 2.53. The molecule has 8 nitrogen and oxygen atoms in total. The van der Waals surface area contributed by atoms with Gasteiger partial charge in [-0.3, -0.25) is 0 Å². The van der Waals surface area contributed by atoms with E-state index >= 15 is 0 Å². The van der Waals surface area contributed by atoms with E-state index in [1.54, 1.807) is 6.33 Å². The lowest BCUT2D eigenvalue weighted by atomic mass is 10.3. The van der Waals surface area contributed by atoms with Crippen LogP contribution in [-0.2, 0) is 20.8 Å². The number of nitrogen functional groups attached to an aromatic ring is 1. The molecule has 2 atom stereocenters. The first kappa shape index (κ1) is 17.0. The summed E-state index contributed by atoms with van der Waals surface area (Å²) in [6.07, 6.45) is 3.56. The quantitative estimate of drug-likeness (QED) is 0.506. The first-order chi connectivity index (χ1) is 10.8. The molecule has 122 valence electrons. The molecule has 0 radical (unpaired) electrons. The third-order valence-corrected chi connectivity index (χ3v) is 3.27. The average Bonchev–Trinajstić information content (AvgIpc) is 2.93. The van der Waals surface area contributed by atoms with Crippen molar-refractivity contribution in [2.24, 2.45) is 0 Å². The van der Waals surface area contributed by atoms with Crippen LogP contribution in [0.3, 0.4) is 0 Å². The second kappa shape index (κ2) is 8.95. The molecule has 2 aromatic rings. The largest absolute Gasteiger partial charge is 0.382 e. The van der Waals surface area contributed by atoms with Gasteiger partial charge in [-0.1, -0.05) is 0 Å². The lowest BCUT2D eigenvalue weighted by molar-refractivity contribution is -0.0358. The van der Waals surface area contributed by atoms with Gasteiger partial charge in [0.05, 0.1) is 45.1 Å². The van der Waals surface area contributed by atoms with Gasteiger partial charge >= 0.3 is 0 Å². The third-order valence-electron chi connectivity index (χ3n) is 3.04. The Morgan fingerprint density at radius 1 is 1.27 bits per heavy atom. The highest BCUT2D eigenvalue weighted by atomic mass is 31.0. The molecule has 0 amide bonds. The van der Waals surface area contributed by atoms with Crippen molar-refractivity contribution in [1.29, 1.82) is 0 Å². The van der Waals surface area contributed by atoms with E-state index in [-0.39, 0.29) is 6.10 Å². The molecule has 2 N–H and O–H groups in total. The highest BCUT2D eigenvalue weighted by Gasteiger charge is 2.14. The molecule has 0 fully saturated rings. The van der Waals surface area contributed by atoms with Crippen LogP contribution in [0.25, 0.3) is 11.2 Å². The first-order valence-corrected chi connectivity index (χ1v) is 7.96. The van der Waals surface area contributed by atoms with E-state index in [1.807, 2.05) is 11.5 Å². The molecule has 0 spiro atoms. The molecule has 0 aliphatic carbocycles. The summed E-state index contributed by atoms with van der Waals surface area (Å²) in [5.41, 5.74) is 7.08. The summed E-state index contributed by atoms with van der Waals surface area (Å²) >= 11 is 0. The Morgan fingerprint density at radius 3 is 2.91 bits per heavy atom. The van der Waals surface area contributed by atoms with Gasteiger partial charge in [0, 0.05) is 6.61 Å². The molecule has 0 bridgehead atoms. The van der Waals surface area contributed by atoms with Crippen molar-refractivity contribution in [2.45, 2.75) is 19.6 Å². The fraction of sp³-hybridized carbons (Fsp3) is 0.615. The monoisotopic (exact) mass is 327 g/mol. The van der Waals surface area contributed by atoms with E-state index in [4.69, 9.17) is 19.9 Å². The number of nitrogens with zero attached hydrogens (tertiary/aromatic N) is 4. The summed E-state index contributed by atoms with van der Waals surface area (Å²) in [5.74, 6) is 0.374. The van der Waals surface area contributed by atoms with Gasteiger partial charge in [-0.25, -0.2) is 15.0 Å². The fourth-order valence-corrected chi connectivity index (χ4v) is 2.16. The summed E-state index contributed by atoms with van der Waals surface area (Å²) in [6, 6.07) is 0. The molecule has 2 rings (SSSR count). The zero-order valence-corrected chi connectivity index (χ0v) is 13.8. The topological polar surface area (TPSA) is 97.3 Å². The Morgan fingerprint density at radius 2 is 2.14 bits per heavy atom. The van der Waals surface area contributed by atoms with Crippen LogP contribution in [0.15, 0.2) is 12.7 Å². The van der Waals surface area contributed by atoms with Crippen LogP contribution in [0.4, 0.5) is 5.82 Å². The van der Waals surface area contributed by atoms with E-state index in [9.17, 15) is 0 Å². The SMILES string of the molecule is CCOCCOC(COCP)Cn1cnc2c(N)ncnc21. The molecule has 9 heteroatoms. The maximum Gasteiger partial charge on any atom is 0.165 e. The molecule has 2 aromatic heterocycles. The van der Waals surface area contributed by atoms with Gasteiger partial charge in [-0.15, -0.1) is 9.24 Å². The van der Waals surface area contributed by atoms with Crippen molar-refractivity contribution < 1.29 is 14.2 Å². The molecule has 0 aromatic carbocycles. The smallest absolute Gasteiger partial charge is 0.165 e. The van der Waals surface area contributed by atoms with Crippen molar-refractivity contribution >= 4 is 26.2 Å². The highest BCUT2D eigenvalue weighted by molar-refractivity contribution is 7.16. The van der Waals surface area contributed by atoms with E-state index < -0.39 is 0 Å². The van der Waals surface area contributed by atoms with E-state index in [2.05, 4.69) is 24.2 Å². The highest BCUT2D eigenvalue weighted by Crippen LogP contribution is 2.15. The Kier molecular flexibility index (Phi) is 6.92. The number of ether oxygens (including phenoxy) is 3. The van der Waals surface area contributed by atoms with Crippen molar-refractivity contribution in [3.63, 3.8) is 0 Å². The average molecular weight is 327 g/mol. The van der Waals surface area contributed by atoms with Crippen LogP contribution >= 0.6 is 9.24 Å². The first-order valence-electron chi connectivity index (χ1n) is 7.14. The second-order valence-electron chi connectivity index (χ2n) is 4.56. The van der Waals surface area contributed by atoms with Gasteiger partial charge in [0.25, 0.3) is 0 Å². The summed E-state index contributed by atoms with van der Waals surface area (Å²) in [4.78, 5) is 12.4. The number of nitrogens with two attached hydrogens (primary N) is 1. The number of hydrogen-bond donors (Lipinski definition) is 1. The molecule has 0 saturated carbocycles. The molecule has 0 aliphatic heterocycles. The Hall–Kier alpha value is -1.34. The summed E-state index contributed by atoms with van der Waals surface area (Å²) < 4.78 is 18.4. The molecule has 22 heavy (non-hydrogen) atoms. The minimum absolute atomic E-state index is 0.116. The summed E-state index contributed by atoms with van der Waals surface area (Å²) in [6.45, 7) is 4.77. The van der Waals surface area contributed by atoms with Crippen LogP contribution in [0.1, 0.15) is 6.92 Å². The third kappa shape index (κ3) is 4.58. The van der Waals surface area contributed by atoms with Crippen LogP contribution < -0.4 is 5.73 Å². The van der Waals surface area contributed by atoms with Gasteiger partial charge in [0.15, 0.2) is 11.5 Å². The minimum Gasteiger partial charge on any atom is -0.382 e. The van der Waals surface area contributed by atoms with Crippen LogP contribution in [0.2, 0.25) is 0 Å². The van der Waals surface area contributed by atoms with Crippen molar-refractivity contribution in [3.8, 4) is 0 Å². The number of rotatable bonds is 10. The van der Waals surface area contributed by atoms with Crippen molar-refractivity contribution in [3.05, 3.63) is 12.7 Å². The lowest BCUT2D eigenvalue weighted by Crippen LogP contribution is -2.27. The number of imidazole rings is 1. The Labute approximate surface area is 131 Å². The number of fused-ring (bicyclic) bond motifs is 1. The zero-order chi connectivity index (χ0) is 15.8. The van der Waals surface area contributed by atoms with Gasteiger partial charge < -0.3 is 24.5 Å². The van der Waals surface area contributed by atoms with Crippen molar-refractivity contribution in [2.75, 3.05) is 38.5 Å². The Bertz CT molecular complexity index is 580. The van der Waals surface area contributed by atoms with Crippen LogP contribution in [-0.4, -0.2) is 58.4 Å². The van der Waals surface area contributed by atoms with Gasteiger partial charge in [0.2, 0.25) is 0 Å². The Balaban J connectivity index is 2.02. The predicted molar refractivity (Wildman–Crippen MR) is 86.5 cm³/mol. The molecule has 0 aliphatic rings. The van der Waals surface area contributed by atoms with E-state index in [0.717, 1.165) is 0 Å². The minimum atomic E-state index is -0.116. The fourth-order valence-electron chi connectivity index (χ4n) is 2.02. The molecule has 2 unspecified atom stereocenters. The molecule has 2 heterocycles. The molecular weight excluding hydrogens is 305 g/mol. The van der Waals surface area contributed by atoms with E-state index in [0.29, 0.717) is 56.3 Å². The number of aromatic nitrogens is 4. The normalized spacial score (nSPS) is 12.8. The van der Waals surface area contributed by atoms with Gasteiger partial charge in [0.1, 0.15) is 11.8 Å². The predicted octanol–water partition coefficient (Wildman–Crippen LogP) is 0.679. The second-order valence-corrected chi connectivity index (χ2v) is 4.89. The van der Waals surface area contributed by atoms with Gasteiger partial charge in [-0.2, -0.15) is 0 Å². The maximum absolute atomic E-state index is 5.82. The lowest BCUT2D eigenvalue weighted by Gasteiger charge is -2.18. The molecule has 0 saturated heterocycles. The molecular formula is C13H22N5O3P. The van der Waals surface area contributed by atoms with E-state index in [1.165, 1.54) is 6.33 Å². The number of anilines is 1.